The molecule has 0 aliphatic carbocycles. The number of hydrogen-bond donors (Lipinski definition) is 0. The molecule has 0 bridgehead atoms. The molecule has 92 valence electrons. The van der Waals surface area contributed by atoms with Crippen molar-refractivity contribution in [3.8, 4) is 0 Å². The summed E-state index contributed by atoms with van der Waals surface area (Å²) in [5.41, 5.74) is 0.951. The summed E-state index contributed by atoms with van der Waals surface area (Å²) >= 11 is 0. The number of hydrogen-bond acceptors (Lipinski definition) is 4. The van der Waals surface area contributed by atoms with E-state index in [2.05, 4.69) is 5.10 Å². The lowest BCUT2D eigenvalue weighted by Gasteiger charge is -2.10. The minimum absolute atomic E-state index is 0.0381. The van der Waals surface area contributed by atoms with Crippen LogP contribution >= 0.6 is 10.7 Å². The van der Waals surface area contributed by atoms with Crippen LogP contribution in [-0.4, -0.2) is 31.4 Å². The van der Waals surface area contributed by atoms with Crippen molar-refractivity contribution in [1.29, 1.82) is 0 Å². The van der Waals surface area contributed by atoms with E-state index >= 15 is 0 Å². The van der Waals surface area contributed by atoms with E-state index in [0.29, 0.717) is 17.9 Å². The van der Waals surface area contributed by atoms with Gasteiger partial charge in [-0.1, -0.05) is 0 Å². The molecule has 5 nitrogen and oxygen atoms in total. The Balaban J connectivity index is 3.17. The lowest BCUT2D eigenvalue weighted by atomic mass is 10.3. The highest BCUT2D eigenvalue weighted by atomic mass is 35.7. The molecule has 7 heteroatoms. The number of halogens is 1. The molecule has 0 radical (unpaired) electrons. The van der Waals surface area contributed by atoms with Gasteiger partial charge in [-0.05, 0) is 20.8 Å². The number of methoxy groups -OCH3 is 1. The minimum atomic E-state index is -3.74. The third-order valence-corrected chi connectivity index (χ3v) is 3.93. The molecular weight excluding hydrogens is 252 g/mol. The maximum absolute atomic E-state index is 11.3. The lowest BCUT2D eigenvalue weighted by Crippen LogP contribution is -2.16. The zero-order valence-electron chi connectivity index (χ0n) is 9.69. The molecule has 0 aliphatic heterocycles. The van der Waals surface area contributed by atoms with E-state index in [0.717, 1.165) is 0 Å². The van der Waals surface area contributed by atoms with E-state index in [-0.39, 0.29) is 11.0 Å². The van der Waals surface area contributed by atoms with Gasteiger partial charge in [0.2, 0.25) is 0 Å². The second-order valence-corrected chi connectivity index (χ2v) is 6.17. The summed E-state index contributed by atoms with van der Waals surface area (Å²) in [6.45, 7) is 5.68. The number of aryl methyl sites for hydroxylation is 1. The average molecular weight is 267 g/mol. The van der Waals surface area contributed by atoms with Crippen molar-refractivity contribution >= 4 is 19.7 Å². The van der Waals surface area contributed by atoms with Crippen LogP contribution in [0.15, 0.2) is 4.90 Å². The molecule has 1 heterocycles. The maximum Gasteiger partial charge on any atom is 0.264 e. The van der Waals surface area contributed by atoms with Crippen molar-refractivity contribution in [2.45, 2.75) is 38.3 Å². The zero-order valence-corrected chi connectivity index (χ0v) is 11.3. The summed E-state index contributed by atoms with van der Waals surface area (Å²) in [6, 6.07) is 0. The fraction of sp³-hybridized carbons (Fsp3) is 0.667. The van der Waals surface area contributed by atoms with Crippen LogP contribution in [0.1, 0.15) is 18.3 Å². The van der Waals surface area contributed by atoms with Crippen LogP contribution in [0, 0.1) is 13.8 Å². The Hall–Kier alpha value is -0.590. The molecule has 1 atom stereocenters. The van der Waals surface area contributed by atoms with Crippen LogP contribution in [-0.2, 0) is 20.3 Å². The topological polar surface area (TPSA) is 61.2 Å². The van der Waals surface area contributed by atoms with Gasteiger partial charge in [0, 0.05) is 17.8 Å². The Kier molecular flexibility index (Phi) is 3.98. The van der Waals surface area contributed by atoms with E-state index < -0.39 is 9.05 Å². The molecule has 1 aromatic rings. The molecule has 0 saturated carbocycles. The molecule has 1 aromatic heterocycles. The van der Waals surface area contributed by atoms with E-state index in [4.69, 9.17) is 15.4 Å². The standard InChI is InChI=1S/C9H15ClN2O3S/c1-6(15-4)5-12-8(3)9(7(2)11-12)16(10,13)14/h6H,5H2,1-4H3. The quantitative estimate of drug-likeness (QED) is 0.774. The van der Waals surface area contributed by atoms with Crippen molar-refractivity contribution < 1.29 is 13.2 Å². The highest BCUT2D eigenvalue weighted by Gasteiger charge is 2.22. The molecule has 0 fully saturated rings. The van der Waals surface area contributed by atoms with Gasteiger partial charge in [-0.3, -0.25) is 4.68 Å². The van der Waals surface area contributed by atoms with E-state index in [1.54, 1.807) is 25.6 Å². The van der Waals surface area contributed by atoms with Crippen LogP contribution in [0.25, 0.3) is 0 Å². The lowest BCUT2D eigenvalue weighted by molar-refractivity contribution is 0.0991. The van der Waals surface area contributed by atoms with Gasteiger partial charge in [-0.25, -0.2) is 8.42 Å². The van der Waals surface area contributed by atoms with Gasteiger partial charge in [0.15, 0.2) is 0 Å². The van der Waals surface area contributed by atoms with Crippen molar-refractivity contribution in [2.24, 2.45) is 0 Å². The van der Waals surface area contributed by atoms with Gasteiger partial charge in [0.05, 0.1) is 24.0 Å². The van der Waals surface area contributed by atoms with Gasteiger partial charge >= 0.3 is 0 Å². The molecule has 1 rings (SSSR count). The Morgan fingerprint density at radius 2 is 2.06 bits per heavy atom. The van der Waals surface area contributed by atoms with Gasteiger partial charge in [-0.15, -0.1) is 0 Å². The third-order valence-electron chi connectivity index (χ3n) is 2.39. The van der Waals surface area contributed by atoms with Gasteiger partial charge < -0.3 is 4.74 Å². The van der Waals surface area contributed by atoms with Crippen molar-refractivity contribution in [2.75, 3.05) is 7.11 Å². The third kappa shape index (κ3) is 2.75. The van der Waals surface area contributed by atoms with E-state index in [1.165, 1.54) is 0 Å². The van der Waals surface area contributed by atoms with Crippen LogP contribution in [0.2, 0.25) is 0 Å². The Labute approximate surface area is 99.8 Å². The summed E-state index contributed by atoms with van der Waals surface area (Å²) in [4.78, 5) is 0.0949. The van der Waals surface area contributed by atoms with Crippen molar-refractivity contribution in [3.05, 3.63) is 11.4 Å². The Bertz CT molecular complexity index is 481. The van der Waals surface area contributed by atoms with Gasteiger partial charge in [0.25, 0.3) is 9.05 Å². The van der Waals surface area contributed by atoms with Crippen LogP contribution in [0.3, 0.4) is 0 Å². The van der Waals surface area contributed by atoms with Crippen molar-refractivity contribution in [3.63, 3.8) is 0 Å². The predicted octanol–water partition coefficient (Wildman–Crippen LogP) is 1.46. The first-order valence-corrected chi connectivity index (χ1v) is 7.09. The van der Waals surface area contributed by atoms with Crippen LogP contribution < -0.4 is 0 Å². The zero-order chi connectivity index (χ0) is 12.5. The Morgan fingerprint density at radius 3 is 2.44 bits per heavy atom. The average Bonchev–Trinajstić information content (AvgIpc) is 2.40. The van der Waals surface area contributed by atoms with Crippen LogP contribution in [0.4, 0.5) is 0 Å². The fourth-order valence-corrected chi connectivity index (χ4v) is 3.05. The smallest absolute Gasteiger partial charge is 0.264 e. The fourth-order valence-electron chi connectivity index (χ4n) is 1.53. The van der Waals surface area contributed by atoms with E-state index in [1.807, 2.05) is 6.92 Å². The number of nitrogens with zero attached hydrogens (tertiary/aromatic N) is 2. The highest BCUT2D eigenvalue weighted by Crippen LogP contribution is 2.23. The van der Waals surface area contributed by atoms with Gasteiger partial charge in [0.1, 0.15) is 4.90 Å². The summed E-state index contributed by atoms with van der Waals surface area (Å²) in [7, 11) is 3.20. The number of ether oxygens (including phenoxy) is 1. The molecular formula is C9H15ClN2O3S. The molecule has 16 heavy (non-hydrogen) atoms. The number of aromatic nitrogens is 2. The van der Waals surface area contributed by atoms with Crippen molar-refractivity contribution in [1.82, 2.24) is 9.78 Å². The molecule has 0 amide bonds. The summed E-state index contributed by atoms with van der Waals surface area (Å²) < 4.78 is 29.3. The summed E-state index contributed by atoms with van der Waals surface area (Å²) in [5, 5.41) is 4.14. The SMILES string of the molecule is COC(C)Cn1nc(C)c(S(=O)(=O)Cl)c1C. The Morgan fingerprint density at radius 1 is 1.50 bits per heavy atom. The first-order valence-electron chi connectivity index (χ1n) is 4.78. The second kappa shape index (κ2) is 4.73. The first-order chi connectivity index (χ1) is 7.27. The van der Waals surface area contributed by atoms with E-state index in [9.17, 15) is 8.42 Å². The summed E-state index contributed by atoms with van der Waals surface area (Å²) in [5.74, 6) is 0. The first kappa shape index (κ1) is 13.5. The minimum Gasteiger partial charge on any atom is -0.380 e. The van der Waals surface area contributed by atoms with Gasteiger partial charge in [-0.2, -0.15) is 5.10 Å². The largest absolute Gasteiger partial charge is 0.380 e. The second-order valence-electron chi connectivity index (χ2n) is 3.67. The molecule has 0 aromatic carbocycles. The summed E-state index contributed by atoms with van der Waals surface area (Å²) in [6.07, 6.45) is -0.0381. The molecule has 0 aliphatic rings. The highest BCUT2D eigenvalue weighted by molar-refractivity contribution is 8.13. The molecule has 0 spiro atoms. The normalized spacial score (nSPS) is 14.1. The molecule has 0 N–H and O–H groups in total. The monoisotopic (exact) mass is 266 g/mol. The number of rotatable bonds is 4. The van der Waals surface area contributed by atoms with Crippen LogP contribution in [0.5, 0.6) is 0 Å². The molecule has 0 saturated heterocycles. The predicted molar refractivity (Wildman–Crippen MR) is 61.2 cm³/mol. The maximum atomic E-state index is 11.3. The molecule has 1 unspecified atom stereocenters.